The lowest BCUT2D eigenvalue weighted by molar-refractivity contribution is -0.00166. The minimum absolute atomic E-state index is 0.0695. The first-order valence-corrected chi connectivity index (χ1v) is 14.9. The second-order valence-electron chi connectivity index (χ2n) is 8.92. The molecule has 3 aromatic rings. The lowest BCUT2D eigenvalue weighted by Crippen LogP contribution is -2.15. The van der Waals surface area contributed by atoms with E-state index in [0.717, 1.165) is 11.1 Å². The summed E-state index contributed by atoms with van der Waals surface area (Å²) in [5.74, 6) is 5.50. The number of benzene rings is 3. The Morgan fingerprint density at radius 3 is 2.00 bits per heavy atom. The number of carbonyl (C=O) groups excluding carboxylic acids is 1. The van der Waals surface area contributed by atoms with E-state index < -0.39 is 16.1 Å². The zero-order valence-corrected chi connectivity index (χ0v) is 24.5. The van der Waals surface area contributed by atoms with E-state index in [-0.39, 0.29) is 31.3 Å². The molecule has 0 atom stereocenters. The van der Waals surface area contributed by atoms with Crippen molar-refractivity contribution in [2.24, 2.45) is 0 Å². The van der Waals surface area contributed by atoms with Crippen molar-refractivity contribution in [3.8, 4) is 11.8 Å². The molecule has 0 radical (unpaired) electrons. The summed E-state index contributed by atoms with van der Waals surface area (Å²) in [6, 6.07) is 22.9. The topological polar surface area (TPSA) is 107 Å². The van der Waals surface area contributed by atoms with Crippen LogP contribution >= 0.6 is 0 Å². The second kappa shape index (κ2) is 18.8. The van der Waals surface area contributed by atoms with E-state index in [1.807, 2.05) is 43.3 Å². The molecule has 3 rings (SSSR count). The highest BCUT2D eigenvalue weighted by atomic mass is 32.2. The average molecular weight is 597 g/mol. The van der Waals surface area contributed by atoms with Gasteiger partial charge in [0, 0.05) is 5.56 Å². The molecule has 3 aromatic carbocycles. The normalized spacial score (nSPS) is 11.1. The van der Waals surface area contributed by atoms with Crippen LogP contribution in [0.5, 0.6) is 0 Å². The van der Waals surface area contributed by atoms with Crippen LogP contribution in [0, 0.1) is 18.8 Å². The summed E-state index contributed by atoms with van der Waals surface area (Å²) in [5, 5.41) is 0. The molecule has 224 valence electrons. The molecule has 0 amide bonds. The number of hydrogen-bond acceptors (Lipinski definition) is 9. The largest absolute Gasteiger partial charge is 0.457 e. The fraction of sp³-hybridized carbons (Fsp3) is 0.344. The number of aryl methyl sites for hydroxylation is 1. The van der Waals surface area contributed by atoms with Crippen LogP contribution in [-0.4, -0.2) is 73.8 Å². The number of carbonyl (C=O) groups is 1. The predicted molar refractivity (Wildman–Crippen MR) is 156 cm³/mol. The molecular weight excluding hydrogens is 560 g/mol. The molecule has 0 heterocycles. The van der Waals surface area contributed by atoms with Gasteiger partial charge >= 0.3 is 5.97 Å². The number of ether oxygens (including phenoxy) is 5. The first-order valence-electron chi connectivity index (χ1n) is 13.5. The van der Waals surface area contributed by atoms with Crippen molar-refractivity contribution in [2.45, 2.75) is 18.4 Å². The van der Waals surface area contributed by atoms with Gasteiger partial charge < -0.3 is 23.7 Å². The van der Waals surface area contributed by atoms with Crippen LogP contribution in [0.4, 0.5) is 0 Å². The van der Waals surface area contributed by atoms with Gasteiger partial charge in [-0.3, -0.25) is 4.18 Å². The van der Waals surface area contributed by atoms with Crippen LogP contribution in [0.2, 0.25) is 0 Å². The third-order valence-electron chi connectivity index (χ3n) is 5.61. The standard InChI is InChI=1S/C32H36O9S/c1-27-12-14-31(15-13-27)42(34,35)41-24-23-39-22-21-38-20-19-37-18-17-36-16-6-10-28-9-5-11-30(25-28)32(33)40-26-29-7-3-2-4-8-29/h2-5,7-9,11-15,25H,16-24,26H2,1H3. The monoisotopic (exact) mass is 596 g/mol. The van der Waals surface area contributed by atoms with Crippen molar-refractivity contribution in [3.05, 3.63) is 101 Å². The zero-order chi connectivity index (χ0) is 29.9. The van der Waals surface area contributed by atoms with E-state index in [9.17, 15) is 13.2 Å². The molecule has 0 fully saturated rings. The molecule has 0 aliphatic carbocycles. The molecule has 0 N–H and O–H groups in total. The minimum atomic E-state index is -3.78. The van der Waals surface area contributed by atoms with E-state index in [1.54, 1.807) is 30.3 Å². The van der Waals surface area contributed by atoms with Gasteiger partial charge in [-0.2, -0.15) is 8.42 Å². The van der Waals surface area contributed by atoms with Crippen molar-refractivity contribution in [2.75, 3.05) is 59.5 Å². The van der Waals surface area contributed by atoms with Gasteiger partial charge in [-0.05, 0) is 42.8 Å². The third-order valence-corrected chi connectivity index (χ3v) is 6.94. The van der Waals surface area contributed by atoms with E-state index in [2.05, 4.69) is 11.8 Å². The van der Waals surface area contributed by atoms with Gasteiger partial charge in [0.15, 0.2) is 0 Å². The van der Waals surface area contributed by atoms with Crippen molar-refractivity contribution in [1.82, 2.24) is 0 Å². The third kappa shape index (κ3) is 13.0. The Morgan fingerprint density at radius 2 is 1.33 bits per heavy atom. The Bertz CT molecular complexity index is 1380. The molecule has 0 saturated carbocycles. The van der Waals surface area contributed by atoms with E-state index in [4.69, 9.17) is 27.9 Å². The first kappa shape index (κ1) is 32.9. The minimum Gasteiger partial charge on any atom is -0.457 e. The van der Waals surface area contributed by atoms with E-state index in [1.165, 1.54) is 12.1 Å². The highest BCUT2D eigenvalue weighted by Gasteiger charge is 2.14. The summed E-state index contributed by atoms with van der Waals surface area (Å²) >= 11 is 0. The van der Waals surface area contributed by atoms with Crippen LogP contribution in [0.25, 0.3) is 0 Å². The molecule has 0 saturated heterocycles. The summed E-state index contributed by atoms with van der Waals surface area (Å²) < 4.78 is 56.1. The summed E-state index contributed by atoms with van der Waals surface area (Å²) in [7, 11) is -3.78. The zero-order valence-electron chi connectivity index (χ0n) is 23.7. The Balaban J connectivity index is 1.14. The van der Waals surface area contributed by atoms with Crippen LogP contribution in [0.3, 0.4) is 0 Å². The highest BCUT2D eigenvalue weighted by molar-refractivity contribution is 7.86. The predicted octanol–water partition coefficient (Wildman–Crippen LogP) is 4.18. The lowest BCUT2D eigenvalue weighted by Gasteiger charge is -2.08. The maximum atomic E-state index is 12.3. The summed E-state index contributed by atoms with van der Waals surface area (Å²) in [5.41, 5.74) is 3.04. The lowest BCUT2D eigenvalue weighted by atomic mass is 10.1. The summed E-state index contributed by atoms with van der Waals surface area (Å²) in [6.45, 7) is 4.64. The molecule has 0 unspecified atom stereocenters. The SMILES string of the molecule is Cc1ccc(S(=O)(=O)OCCOCCOCCOCCOCC#Cc2cccc(C(=O)OCc3ccccc3)c2)cc1. The average Bonchev–Trinajstić information content (AvgIpc) is 3.00. The van der Waals surface area contributed by atoms with Gasteiger partial charge in [0.05, 0.1) is 63.3 Å². The maximum Gasteiger partial charge on any atom is 0.338 e. The van der Waals surface area contributed by atoms with Crippen LogP contribution in [0.1, 0.15) is 27.0 Å². The Labute approximate surface area is 247 Å². The molecule has 10 heteroatoms. The van der Waals surface area contributed by atoms with Crippen LogP contribution < -0.4 is 0 Å². The number of esters is 1. The fourth-order valence-electron chi connectivity index (χ4n) is 3.43. The van der Waals surface area contributed by atoms with Crippen LogP contribution in [-0.2, 0) is 44.6 Å². The number of rotatable bonds is 18. The van der Waals surface area contributed by atoms with E-state index >= 15 is 0 Å². The number of hydrogen-bond donors (Lipinski definition) is 0. The Hall–Kier alpha value is -3.56. The molecule has 0 bridgehead atoms. The van der Waals surface area contributed by atoms with Gasteiger partial charge in [-0.1, -0.05) is 65.9 Å². The van der Waals surface area contributed by atoms with Gasteiger partial charge in [0.1, 0.15) is 13.2 Å². The highest BCUT2D eigenvalue weighted by Crippen LogP contribution is 2.13. The van der Waals surface area contributed by atoms with E-state index in [0.29, 0.717) is 50.8 Å². The summed E-state index contributed by atoms with van der Waals surface area (Å²) in [6.07, 6.45) is 0. The second-order valence-corrected chi connectivity index (χ2v) is 10.5. The molecule has 0 spiro atoms. The first-order chi connectivity index (χ1) is 20.4. The van der Waals surface area contributed by atoms with Crippen molar-refractivity contribution >= 4 is 16.1 Å². The van der Waals surface area contributed by atoms with Crippen LogP contribution in [0.15, 0.2) is 83.8 Å². The quantitative estimate of drug-likeness (QED) is 0.0926. The van der Waals surface area contributed by atoms with Gasteiger partial charge in [0.2, 0.25) is 0 Å². The fourth-order valence-corrected chi connectivity index (χ4v) is 4.32. The Morgan fingerprint density at radius 1 is 0.714 bits per heavy atom. The smallest absolute Gasteiger partial charge is 0.338 e. The summed E-state index contributed by atoms with van der Waals surface area (Å²) in [4.78, 5) is 12.4. The van der Waals surface area contributed by atoms with Gasteiger partial charge in [-0.15, -0.1) is 0 Å². The Kier molecular flexibility index (Phi) is 14.7. The molecule has 0 aliphatic rings. The molecule has 42 heavy (non-hydrogen) atoms. The van der Waals surface area contributed by atoms with Gasteiger partial charge in [0.25, 0.3) is 10.1 Å². The van der Waals surface area contributed by atoms with Crippen molar-refractivity contribution in [1.29, 1.82) is 0 Å². The molecule has 0 aromatic heterocycles. The van der Waals surface area contributed by atoms with Gasteiger partial charge in [-0.25, -0.2) is 4.79 Å². The maximum absolute atomic E-state index is 12.3. The van der Waals surface area contributed by atoms with Crippen molar-refractivity contribution in [3.63, 3.8) is 0 Å². The molecule has 0 aliphatic heterocycles. The van der Waals surface area contributed by atoms with Crippen molar-refractivity contribution < 1.29 is 41.1 Å². The molecule has 9 nitrogen and oxygen atoms in total. The molecular formula is C32H36O9S.